The minimum atomic E-state index is 0.436. The van der Waals surface area contributed by atoms with Crippen LogP contribution in [0.3, 0.4) is 0 Å². The Bertz CT molecular complexity index is 402. The van der Waals surface area contributed by atoms with Crippen molar-refractivity contribution in [1.82, 2.24) is 15.1 Å². The fourth-order valence-corrected chi connectivity index (χ4v) is 4.10. The van der Waals surface area contributed by atoms with E-state index in [1.165, 1.54) is 37.7 Å². The van der Waals surface area contributed by atoms with E-state index in [2.05, 4.69) is 55.2 Å². The molecule has 0 aromatic carbocycles. The van der Waals surface area contributed by atoms with Crippen molar-refractivity contribution >= 4 is 0 Å². The Morgan fingerprint density at radius 2 is 2.00 bits per heavy atom. The Balaban J connectivity index is 2.28. The molecule has 1 aromatic heterocycles. The highest BCUT2D eigenvalue weighted by molar-refractivity contribution is 5.16. The molecule has 1 aliphatic rings. The van der Waals surface area contributed by atoms with Gasteiger partial charge in [0.25, 0.3) is 0 Å². The molecule has 1 atom stereocenters. The molecule has 0 saturated heterocycles. The first-order valence-corrected chi connectivity index (χ1v) is 8.37. The van der Waals surface area contributed by atoms with Gasteiger partial charge in [0.1, 0.15) is 0 Å². The third-order valence-corrected chi connectivity index (χ3v) is 4.75. The molecule has 0 spiro atoms. The second-order valence-corrected chi connectivity index (χ2v) is 6.79. The molecule has 1 N–H and O–H groups in total. The van der Waals surface area contributed by atoms with Crippen LogP contribution < -0.4 is 5.32 Å². The first-order chi connectivity index (χ1) is 9.61. The van der Waals surface area contributed by atoms with Crippen LogP contribution in [0.4, 0.5) is 0 Å². The van der Waals surface area contributed by atoms with Crippen LogP contribution in [0.2, 0.25) is 0 Å². The Hall–Kier alpha value is -0.830. The minimum absolute atomic E-state index is 0.436. The van der Waals surface area contributed by atoms with Gasteiger partial charge in [0, 0.05) is 24.3 Å². The molecule has 20 heavy (non-hydrogen) atoms. The summed E-state index contributed by atoms with van der Waals surface area (Å²) in [7, 11) is 0. The molecule has 1 aromatic rings. The summed E-state index contributed by atoms with van der Waals surface area (Å²) in [4.78, 5) is 0. The number of hydrogen-bond donors (Lipinski definition) is 1. The highest BCUT2D eigenvalue weighted by Crippen LogP contribution is 2.51. The molecule has 0 amide bonds. The van der Waals surface area contributed by atoms with Gasteiger partial charge in [-0.3, -0.25) is 4.68 Å². The molecule has 1 aliphatic carbocycles. The Morgan fingerprint density at radius 3 is 2.50 bits per heavy atom. The van der Waals surface area contributed by atoms with Crippen LogP contribution in [0.15, 0.2) is 12.4 Å². The quantitative estimate of drug-likeness (QED) is 0.811. The van der Waals surface area contributed by atoms with Gasteiger partial charge in [-0.25, -0.2) is 0 Å². The monoisotopic (exact) mass is 277 g/mol. The molecule has 0 bridgehead atoms. The van der Waals surface area contributed by atoms with Gasteiger partial charge in [-0.05, 0) is 44.1 Å². The van der Waals surface area contributed by atoms with E-state index in [4.69, 9.17) is 0 Å². The lowest BCUT2D eigenvalue weighted by Crippen LogP contribution is -2.37. The molecule has 0 radical (unpaired) electrons. The predicted octanol–water partition coefficient (Wildman–Crippen LogP) is 4.16. The summed E-state index contributed by atoms with van der Waals surface area (Å²) in [6.07, 6.45) is 11.1. The molecular weight excluding hydrogens is 246 g/mol. The van der Waals surface area contributed by atoms with Gasteiger partial charge >= 0.3 is 0 Å². The number of nitrogens with zero attached hydrogens (tertiary/aromatic N) is 2. The van der Waals surface area contributed by atoms with E-state index >= 15 is 0 Å². The van der Waals surface area contributed by atoms with Gasteiger partial charge in [0.05, 0.1) is 6.20 Å². The topological polar surface area (TPSA) is 29.9 Å². The predicted molar refractivity (Wildman–Crippen MR) is 84.7 cm³/mol. The largest absolute Gasteiger partial charge is 0.310 e. The number of aryl methyl sites for hydroxylation is 1. The fraction of sp³-hybridized carbons (Fsp3) is 0.824. The Kier molecular flexibility index (Phi) is 5.25. The molecule has 1 unspecified atom stereocenters. The first kappa shape index (κ1) is 15.6. The summed E-state index contributed by atoms with van der Waals surface area (Å²) < 4.78 is 2.05. The smallest absolute Gasteiger partial charge is 0.0537 e. The molecule has 0 aliphatic heterocycles. The molecule has 3 heteroatoms. The van der Waals surface area contributed by atoms with Gasteiger partial charge in [-0.15, -0.1) is 0 Å². The van der Waals surface area contributed by atoms with E-state index in [0.29, 0.717) is 11.5 Å². The maximum Gasteiger partial charge on any atom is 0.0537 e. The number of nitrogens with one attached hydrogen (secondary N) is 1. The molecule has 1 saturated carbocycles. The van der Waals surface area contributed by atoms with Crippen molar-refractivity contribution in [3.05, 3.63) is 18.0 Å². The van der Waals surface area contributed by atoms with E-state index in [-0.39, 0.29) is 0 Å². The zero-order valence-corrected chi connectivity index (χ0v) is 13.7. The second kappa shape index (κ2) is 6.75. The minimum Gasteiger partial charge on any atom is -0.310 e. The zero-order valence-electron chi connectivity index (χ0n) is 13.7. The van der Waals surface area contributed by atoms with Gasteiger partial charge in [0.15, 0.2) is 0 Å². The molecular formula is C17H31N3. The van der Waals surface area contributed by atoms with E-state index in [0.717, 1.165) is 19.0 Å². The van der Waals surface area contributed by atoms with Crippen molar-refractivity contribution < 1.29 is 0 Å². The lowest BCUT2D eigenvalue weighted by molar-refractivity contribution is 0.157. The van der Waals surface area contributed by atoms with Crippen molar-refractivity contribution in [3.63, 3.8) is 0 Å². The Morgan fingerprint density at radius 1 is 1.30 bits per heavy atom. The SMILES string of the molecule is CCNC(c1cnn(CC)c1)C1(CC(C)C)CCCC1. The third kappa shape index (κ3) is 3.25. The van der Waals surface area contributed by atoms with Crippen LogP contribution in [0.5, 0.6) is 0 Å². The third-order valence-electron chi connectivity index (χ3n) is 4.75. The van der Waals surface area contributed by atoms with Crippen molar-refractivity contribution in [2.24, 2.45) is 11.3 Å². The van der Waals surface area contributed by atoms with Crippen molar-refractivity contribution in [3.8, 4) is 0 Å². The lowest BCUT2D eigenvalue weighted by Gasteiger charge is -2.39. The van der Waals surface area contributed by atoms with E-state index in [1.807, 2.05) is 0 Å². The Labute approximate surface area is 124 Å². The summed E-state index contributed by atoms with van der Waals surface area (Å²) in [5.74, 6) is 0.760. The summed E-state index contributed by atoms with van der Waals surface area (Å²) in [6.45, 7) is 11.1. The standard InChI is InChI=1S/C17H31N3/c1-5-18-16(15-12-19-20(6-2)13-15)17(11-14(3)4)9-7-8-10-17/h12-14,16,18H,5-11H2,1-4H3. The van der Waals surface area contributed by atoms with E-state index < -0.39 is 0 Å². The maximum atomic E-state index is 4.50. The van der Waals surface area contributed by atoms with E-state index in [1.54, 1.807) is 0 Å². The summed E-state index contributed by atoms with van der Waals surface area (Å²) in [6, 6.07) is 0.470. The molecule has 1 heterocycles. The van der Waals surface area contributed by atoms with Gasteiger partial charge < -0.3 is 5.32 Å². The zero-order chi connectivity index (χ0) is 14.6. The number of hydrogen-bond acceptors (Lipinski definition) is 2. The summed E-state index contributed by atoms with van der Waals surface area (Å²) in [5, 5.41) is 8.27. The molecule has 114 valence electrons. The van der Waals surface area contributed by atoms with Gasteiger partial charge in [0.2, 0.25) is 0 Å². The van der Waals surface area contributed by atoms with Crippen LogP contribution >= 0.6 is 0 Å². The number of aromatic nitrogens is 2. The van der Waals surface area contributed by atoms with Gasteiger partial charge in [-0.1, -0.05) is 33.6 Å². The van der Waals surface area contributed by atoms with Crippen LogP contribution in [-0.4, -0.2) is 16.3 Å². The molecule has 2 rings (SSSR count). The lowest BCUT2D eigenvalue weighted by atomic mass is 9.71. The average molecular weight is 277 g/mol. The highest BCUT2D eigenvalue weighted by Gasteiger charge is 2.42. The maximum absolute atomic E-state index is 4.50. The van der Waals surface area contributed by atoms with Crippen molar-refractivity contribution in [2.75, 3.05) is 6.54 Å². The number of rotatable bonds is 7. The van der Waals surface area contributed by atoms with Gasteiger partial charge in [-0.2, -0.15) is 5.10 Å². The van der Waals surface area contributed by atoms with E-state index in [9.17, 15) is 0 Å². The molecule has 3 nitrogen and oxygen atoms in total. The fourth-order valence-electron chi connectivity index (χ4n) is 4.10. The average Bonchev–Trinajstić information content (AvgIpc) is 3.04. The van der Waals surface area contributed by atoms with Crippen LogP contribution in [0.1, 0.15) is 71.4 Å². The second-order valence-electron chi connectivity index (χ2n) is 6.79. The molecule has 1 fully saturated rings. The van der Waals surface area contributed by atoms with Crippen LogP contribution in [-0.2, 0) is 6.54 Å². The van der Waals surface area contributed by atoms with Crippen LogP contribution in [0, 0.1) is 11.3 Å². The summed E-state index contributed by atoms with van der Waals surface area (Å²) in [5.41, 5.74) is 1.82. The normalized spacial score (nSPS) is 19.6. The highest BCUT2D eigenvalue weighted by atomic mass is 15.3. The van der Waals surface area contributed by atoms with Crippen molar-refractivity contribution in [1.29, 1.82) is 0 Å². The summed E-state index contributed by atoms with van der Waals surface area (Å²) >= 11 is 0. The van der Waals surface area contributed by atoms with Crippen molar-refractivity contribution in [2.45, 2.75) is 72.4 Å². The first-order valence-electron chi connectivity index (χ1n) is 8.37. The van der Waals surface area contributed by atoms with Crippen LogP contribution in [0.25, 0.3) is 0 Å².